The van der Waals surface area contributed by atoms with Crippen LogP contribution in [0.3, 0.4) is 0 Å². The molecule has 10 aromatic rings. The Morgan fingerprint density at radius 3 is 1.08 bits per heavy atom. The van der Waals surface area contributed by atoms with Crippen molar-refractivity contribution < 1.29 is 8.78 Å². The largest absolute Gasteiger partial charge is 0.311 e. The van der Waals surface area contributed by atoms with Crippen molar-refractivity contribution >= 4 is 45.2 Å². The average molecular weight is 793 g/mol. The number of imidazole rings is 1. The molecule has 0 amide bonds. The number of fused-ring (bicyclic) bond motifs is 1. The summed E-state index contributed by atoms with van der Waals surface area (Å²) >= 11 is 0. The molecule has 1 heterocycles. The van der Waals surface area contributed by atoms with Crippen LogP contribution in [0.5, 0.6) is 0 Å². The molecule has 292 valence electrons. The molecule has 0 spiro atoms. The number of hydrogen-bond acceptors (Lipinski definition) is 3. The minimum atomic E-state index is -0.264. The fraction of sp³-hybridized carbons (Fsp3) is 0. The van der Waals surface area contributed by atoms with Gasteiger partial charge in [0.25, 0.3) is 0 Å². The molecule has 0 aliphatic rings. The lowest BCUT2D eigenvalue weighted by Crippen LogP contribution is -2.09. The number of anilines is 6. The summed E-state index contributed by atoms with van der Waals surface area (Å²) in [7, 11) is 0. The number of aromatic nitrogens is 2. The van der Waals surface area contributed by atoms with Crippen LogP contribution in [0.1, 0.15) is 0 Å². The number of halogens is 2. The van der Waals surface area contributed by atoms with E-state index in [4.69, 9.17) is 4.98 Å². The van der Waals surface area contributed by atoms with Crippen molar-refractivity contribution in [2.45, 2.75) is 0 Å². The molecule has 6 heteroatoms. The molecule has 0 bridgehead atoms. The van der Waals surface area contributed by atoms with Gasteiger partial charge in [0.1, 0.15) is 17.5 Å². The lowest BCUT2D eigenvalue weighted by Gasteiger charge is -2.25. The molecule has 0 fully saturated rings. The minimum absolute atomic E-state index is 0.264. The summed E-state index contributed by atoms with van der Waals surface area (Å²) in [5, 5.41) is 0. The van der Waals surface area contributed by atoms with Crippen molar-refractivity contribution in [3.05, 3.63) is 242 Å². The molecule has 0 aliphatic heterocycles. The zero-order valence-electron chi connectivity index (χ0n) is 33.0. The molecule has 0 saturated heterocycles. The standard InChI is InChI=1S/C55H38F2N4/c56-44-25-35-50(36-26-44)59(46-9-3-1-4-10-46)48-29-19-40(20-30-48)39-15-17-43(18-16-39)55-58-53-13-7-8-14-54(53)61(55)52-33-23-42(24-34-52)41-21-31-49(32-22-41)60(47-11-5-2-6-12-47)51-37-27-45(57)28-38-51/h1-38H. The third kappa shape index (κ3) is 7.55. The maximum Gasteiger partial charge on any atom is 0.145 e. The highest BCUT2D eigenvalue weighted by Gasteiger charge is 2.17. The lowest BCUT2D eigenvalue weighted by atomic mass is 10.0. The van der Waals surface area contributed by atoms with Gasteiger partial charge in [0.15, 0.2) is 0 Å². The van der Waals surface area contributed by atoms with Gasteiger partial charge in [0, 0.05) is 45.4 Å². The van der Waals surface area contributed by atoms with Gasteiger partial charge in [-0.15, -0.1) is 0 Å². The van der Waals surface area contributed by atoms with E-state index < -0.39 is 0 Å². The van der Waals surface area contributed by atoms with Crippen LogP contribution in [-0.2, 0) is 0 Å². The summed E-state index contributed by atoms with van der Waals surface area (Å²) in [5.41, 5.74) is 14.0. The van der Waals surface area contributed by atoms with E-state index in [2.05, 4.69) is 148 Å². The molecule has 0 radical (unpaired) electrons. The first-order chi connectivity index (χ1) is 30.1. The number of rotatable bonds is 10. The Bertz CT molecular complexity index is 3040. The molecular formula is C55H38F2N4. The first kappa shape index (κ1) is 37.2. The van der Waals surface area contributed by atoms with Crippen molar-refractivity contribution in [2.75, 3.05) is 9.80 Å². The van der Waals surface area contributed by atoms with Crippen molar-refractivity contribution in [3.63, 3.8) is 0 Å². The van der Waals surface area contributed by atoms with E-state index in [9.17, 15) is 8.78 Å². The van der Waals surface area contributed by atoms with Gasteiger partial charge in [-0.3, -0.25) is 4.57 Å². The molecule has 0 saturated carbocycles. The number of benzene rings is 9. The minimum Gasteiger partial charge on any atom is -0.311 e. The van der Waals surface area contributed by atoms with Crippen LogP contribution < -0.4 is 9.80 Å². The topological polar surface area (TPSA) is 24.3 Å². The fourth-order valence-corrected chi connectivity index (χ4v) is 7.93. The van der Waals surface area contributed by atoms with Gasteiger partial charge >= 0.3 is 0 Å². The molecule has 0 atom stereocenters. The van der Waals surface area contributed by atoms with Crippen LogP contribution in [0, 0.1) is 11.6 Å². The van der Waals surface area contributed by atoms with Crippen LogP contribution in [-0.4, -0.2) is 9.55 Å². The van der Waals surface area contributed by atoms with Crippen LogP contribution in [0.15, 0.2) is 231 Å². The van der Waals surface area contributed by atoms with E-state index >= 15 is 0 Å². The third-order valence-electron chi connectivity index (χ3n) is 10.9. The fourth-order valence-electron chi connectivity index (χ4n) is 7.93. The maximum atomic E-state index is 13.9. The highest BCUT2D eigenvalue weighted by Crippen LogP contribution is 2.38. The van der Waals surface area contributed by atoms with Gasteiger partial charge in [-0.1, -0.05) is 109 Å². The second kappa shape index (κ2) is 16.3. The Morgan fingerprint density at radius 2 is 0.639 bits per heavy atom. The second-order valence-corrected chi connectivity index (χ2v) is 14.8. The Hall–Kier alpha value is -8.09. The van der Waals surface area contributed by atoms with E-state index in [-0.39, 0.29) is 11.6 Å². The maximum absolute atomic E-state index is 13.9. The molecule has 1 aromatic heterocycles. The zero-order valence-corrected chi connectivity index (χ0v) is 33.0. The number of para-hydroxylation sites is 4. The van der Waals surface area contributed by atoms with Crippen molar-refractivity contribution in [3.8, 4) is 39.3 Å². The highest BCUT2D eigenvalue weighted by molar-refractivity contribution is 5.85. The zero-order chi connectivity index (χ0) is 41.1. The van der Waals surface area contributed by atoms with Crippen LogP contribution in [0.25, 0.3) is 50.4 Å². The van der Waals surface area contributed by atoms with Gasteiger partial charge in [-0.2, -0.15) is 0 Å². The molecular weight excluding hydrogens is 755 g/mol. The molecule has 61 heavy (non-hydrogen) atoms. The molecule has 4 nitrogen and oxygen atoms in total. The Balaban J connectivity index is 0.923. The lowest BCUT2D eigenvalue weighted by molar-refractivity contribution is 0.627. The predicted octanol–water partition coefficient (Wildman–Crippen LogP) is 15.2. The predicted molar refractivity (Wildman–Crippen MR) is 247 cm³/mol. The van der Waals surface area contributed by atoms with E-state index in [1.807, 2.05) is 48.5 Å². The van der Waals surface area contributed by atoms with Crippen LogP contribution >= 0.6 is 0 Å². The summed E-state index contributed by atoms with van der Waals surface area (Å²) < 4.78 is 29.9. The Kier molecular flexibility index (Phi) is 9.93. The van der Waals surface area contributed by atoms with Gasteiger partial charge in [0.05, 0.1) is 11.0 Å². The summed E-state index contributed by atoms with van der Waals surface area (Å²) in [6, 6.07) is 75.7. The highest BCUT2D eigenvalue weighted by atomic mass is 19.1. The molecule has 0 unspecified atom stereocenters. The van der Waals surface area contributed by atoms with Gasteiger partial charge in [0.2, 0.25) is 0 Å². The average Bonchev–Trinajstić information content (AvgIpc) is 3.72. The van der Waals surface area contributed by atoms with Gasteiger partial charge < -0.3 is 9.80 Å². The van der Waals surface area contributed by atoms with Gasteiger partial charge in [-0.05, 0) is 144 Å². The second-order valence-electron chi connectivity index (χ2n) is 14.8. The van der Waals surface area contributed by atoms with E-state index in [0.717, 1.165) is 84.5 Å². The van der Waals surface area contributed by atoms with Crippen molar-refractivity contribution in [1.29, 1.82) is 0 Å². The third-order valence-corrected chi connectivity index (χ3v) is 10.9. The number of nitrogens with zero attached hydrogens (tertiary/aromatic N) is 4. The summed E-state index contributed by atoms with van der Waals surface area (Å²) in [6.45, 7) is 0. The molecule has 9 aromatic carbocycles. The first-order valence-electron chi connectivity index (χ1n) is 20.2. The van der Waals surface area contributed by atoms with E-state index in [0.29, 0.717) is 0 Å². The van der Waals surface area contributed by atoms with E-state index in [1.54, 1.807) is 24.3 Å². The Morgan fingerprint density at radius 1 is 0.311 bits per heavy atom. The molecule has 0 N–H and O–H groups in total. The summed E-state index contributed by atoms with van der Waals surface area (Å²) in [5.74, 6) is 0.332. The molecule has 0 aliphatic carbocycles. The van der Waals surface area contributed by atoms with Crippen LogP contribution in [0.4, 0.5) is 42.9 Å². The van der Waals surface area contributed by atoms with Crippen molar-refractivity contribution in [2.24, 2.45) is 0 Å². The molecule has 10 rings (SSSR count). The first-order valence-corrected chi connectivity index (χ1v) is 20.2. The smallest absolute Gasteiger partial charge is 0.145 e. The van der Waals surface area contributed by atoms with Crippen molar-refractivity contribution in [1.82, 2.24) is 9.55 Å². The normalized spacial score (nSPS) is 11.1. The monoisotopic (exact) mass is 792 g/mol. The van der Waals surface area contributed by atoms with Crippen LogP contribution in [0.2, 0.25) is 0 Å². The summed E-state index contributed by atoms with van der Waals surface area (Å²) in [4.78, 5) is 9.37. The number of hydrogen-bond donors (Lipinski definition) is 0. The van der Waals surface area contributed by atoms with Gasteiger partial charge in [-0.25, -0.2) is 13.8 Å². The Labute approximate surface area is 353 Å². The van der Waals surface area contributed by atoms with E-state index in [1.165, 1.54) is 24.3 Å². The quantitative estimate of drug-likeness (QED) is 0.138. The SMILES string of the molecule is Fc1ccc(N(c2ccccc2)c2ccc(-c3ccc(-c4nc5ccccc5n4-c4ccc(-c5ccc(N(c6ccccc6)c6ccc(F)cc6)cc5)cc4)cc3)cc2)cc1. The summed E-state index contributed by atoms with van der Waals surface area (Å²) in [6.07, 6.45) is 0.